The van der Waals surface area contributed by atoms with Gasteiger partial charge in [0.25, 0.3) is 5.69 Å². The quantitative estimate of drug-likeness (QED) is 0.329. The Morgan fingerprint density at radius 2 is 1.56 bits per heavy atom. The Morgan fingerprint density at radius 1 is 0.938 bits per heavy atom. The van der Waals surface area contributed by atoms with Crippen LogP contribution in [0.15, 0.2) is 60.7 Å². The summed E-state index contributed by atoms with van der Waals surface area (Å²) in [4.78, 5) is 38.0. The van der Waals surface area contributed by atoms with Crippen molar-refractivity contribution in [2.45, 2.75) is 20.8 Å². The van der Waals surface area contributed by atoms with E-state index >= 15 is 0 Å². The van der Waals surface area contributed by atoms with E-state index in [1.807, 2.05) is 32.9 Å². The highest BCUT2D eigenvalue weighted by Crippen LogP contribution is 2.30. The fraction of sp³-hybridized carbons (Fsp3) is 0.200. The third-order valence-corrected chi connectivity index (χ3v) is 5.20. The lowest BCUT2D eigenvalue weighted by Crippen LogP contribution is -2.31. The Bertz CT molecular complexity index is 1170. The molecule has 0 saturated carbocycles. The summed E-state index contributed by atoms with van der Waals surface area (Å²) >= 11 is 0. The number of nitro groups is 1. The lowest BCUT2D eigenvalue weighted by atomic mass is 10.0. The van der Waals surface area contributed by atoms with Gasteiger partial charge in [-0.15, -0.1) is 0 Å². The summed E-state index contributed by atoms with van der Waals surface area (Å²) in [6.45, 7) is 5.75. The van der Waals surface area contributed by atoms with Crippen molar-refractivity contribution in [1.29, 1.82) is 0 Å². The Morgan fingerprint density at radius 3 is 2.16 bits per heavy atom. The molecule has 0 unspecified atom stereocenters. The monoisotopic (exact) mass is 431 g/mol. The predicted molar refractivity (Wildman–Crippen MR) is 126 cm³/mol. The van der Waals surface area contributed by atoms with Gasteiger partial charge < -0.3 is 10.2 Å². The van der Waals surface area contributed by atoms with Gasteiger partial charge in [0.05, 0.1) is 11.5 Å². The molecule has 0 aliphatic rings. The first-order valence-electron chi connectivity index (χ1n) is 10.1. The highest BCUT2D eigenvalue weighted by atomic mass is 16.6. The molecule has 0 aliphatic carbocycles. The zero-order valence-corrected chi connectivity index (χ0v) is 18.5. The van der Waals surface area contributed by atoms with Crippen molar-refractivity contribution in [3.05, 3.63) is 98.6 Å². The van der Waals surface area contributed by atoms with E-state index in [0.717, 1.165) is 22.4 Å². The fourth-order valence-corrected chi connectivity index (χ4v) is 3.75. The molecule has 1 N–H and O–H groups in total. The smallest absolute Gasteiger partial charge is 0.293 e. The summed E-state index contributed by atoms with van der Waals surface area (Å²) in [5, 5.41) is 14.6. The number of rotatable bonds is 7. The standard InChI is InChI=1S/C25H25N3O4/c1-16-12-17(2)24(18(3)13-16)26-23(29)15-27(4)21-11-10-20(14-22(21)28(31)32)25(30)19-8-6-5-7-9-19/h5-14H,15H2,1-4H3,(H,26,29). The number of amides is 1. The Balaban J connectivity index is 1.82. The molecule has 1 amide bonds. The summed E-state index contributed by atoms with van der Waals surface area (Å²) in [5.74, 6) is -0.591. The molecule has 0 bridgehead atoms. The van der Waals surface area contributed by atoms with Crippen LogP contribution in [0.2, 0.25) is 0 Å². The topological polar surface area (TPSA) is 92.6 Å². The van der Waals surface area contributed by atoms with Crippen LogP contribution in [-0.2, 0) is 4.79 Å². The average molecular weight is 431 g/mol. The maximum absolute atomic E-state index is 12.7. The molecule has 0 atom stereocenters. The first kappa shape index (κ1) is 22.7. The molecule has 3 aromatic carbocycles. The minimum Gasteiger partial charge on any atom is -0.360 e. The summed E-state index contributed by atoms with van der Waals surface area (Å²) in [7, 11) is 1.61. The largest absolute Gasteiger partial charge is 0.360 e. The number of carbonyl (C=O) groups excluding carboxylic acids is 2. The van der Waals surface area contributed by atoms with Gasteiger partial charge in [0.1, 0.15) is 5.69 Å². The van der Waals surface area contributed by atoms with Crippen molar-refractivity contribution in [3.8, 4) is 0 Å². The highest BCUT2D eigenvalue weighted by molar-refractivity contribution is 6.09. The van der Waals surface area contributed by atoms with E-state index in [4.69, 9.17) is 0 Å². The first-order chi connectivity index (χ1) is 15.2. The van der Waals surface area contributed by atoms with Crippen molar-refractivity contribution in [3.63, 3.8) is 0 Å². The average Bonchev–Trinajstić information content (AvgIpc) is 2.75. The molecule has 3 aromatic rings. The molecule has 0 aromatic heterocycles. The number of hydrogen-bond donors (Lipinski definition) is 1. The molecule has 0 fully saturated rings. The van der Waals surface area contributed by atoms with Gasteiger partial charge in [-0.3, -0.25) is 19.7 Å². The van der Waals surface area contributed by atoms with Crippen molar-refractivity contribution in [1.82, 2.24) is 0 Å². The van der Waals surface area contributed by atoms with Crippen LogP contribution < -0.4 is 10.2 Å². The van der Waals surface area contributed by atoms with E-state index < -0.39 is 4.92 Å². The van der Waals surface area contributed by atoms with Crippen LogP contribution in [0.1, 0.15) is 32.6 Å². The number of nitrogens with one attached hydrogen (secondary N) is 1. The SMILES string of the molecule is Cc1cc(C)c(NC(=O)CN(C)c2ccc(C(=O)c3ccccc3)cc2[N+](=O)[O-])c(C)c1. The van der Waals surface area contributed by atoms with Crippen molar-refractivity contribution >= 4 is 28.8 Å². The van der Waals surface area contributed by atoms with Gasteiger partial charge >= 0.3 is 0 Å². The summed E-state index contributed by atoms with van der Waals surface area (Å²) in [6.07, 6.45) is 0. The number of carbonyl (C=O) groups is 2. The second-order valence-corrected chi connectivity index (χ2v) is 7.83. The van der Waals surface area contributed by atoms with Crippen LogP contribution in [0.5, 0.6) is 0 Å². The maximum atomic E-state index is 12.7. The molecule has 0 saturated heterocycles. The number of ketones is 1. The zero-order valence-electron chi connectivity index (χ0n) is 18.5. The Labute approximate surface area is 186 Å². The predicted octanol–water partition coefficient (Wildman–Crippen LogP) is 4.83. The van der Waals surface area contributed by atoms with Crippen molar-refractivity contribution in [2.24, 2.45) is 0 Å². The van der Waals surface area contributed by atoms with Crippen LogP contribution in [0.25, 0.3) is 0 Å². The number of nitro benzene ring substituents is 1. The molecular weight excluding hydrogens is 406 g/mol. The number of aryl methyl sites for hydroxylation is 3. The number of nitrogens with zero attached hydrogens (tertiary/aromatic N) is 2. The van der Waals surface area contributed by atoms with Crippen LogP contribution in [-0.4, -0.2) is 30.2 Å². The van der Waals surface area contributed by atoms with Crippen molar-refractivity contribution < 1.29 is 14.5 Å². The molecular formula is C25H25N3O4. The van der Waals surface area contributed by atoms with Gasteiger partial charge in [0.15, 0.2) is 5.78 Å². The lowest BCUT2D eigenvalue weighted by molar-refractivity contribution is -0.384. The van der Waals surface area contributed by atoms with E-state index in [-0.39, 0.29) is 35.2 Å². The Kier molecular flexibility index (Phi) is 6.68. The Hall–Kier alpha value is -4.00. The molecule has 0 heterocycles. The van der Waals surface area contributed by atoms with Gasteiger partial charge in [0.2, 0.25) is 5.91 Å². The maximum Gasteiger partial charge on any atom is 0.293 e. The van der Waals surface area contributed by atoms with E-state index in [2.05, 4.69) is 5.32 Å². The van der Waals surface area contributed by atoms with E-state index in [0.29, 0.717) is 5.56 Å². The highest BCUT2D eigenvalue weighted by Gasteiger charge is 2.22. The fourth-order valence-electron chi connectivity index (χ4n) is 3.75. The van der Waals surface area contributed by atoms with Crippen LogP contribution in [0.4, 0.5) is 17.1 Å². The first-order valence-corrected chi connectivity index (χ1v) is 10.1. The van der Waals surface area contributed by atoms with E-state index in [1.54, 1.807) is 43.4 Å². The molecule has 32 heavy (non-hydrogen) atoms. The minimum absolute atomic E-state index is 0.0838. The third kappa shape index (κ3) is 5.00. The van der Waals surface area contributed by atoms with Gasteiger partial charge in [0, 0.05) is 29.9 Å². The number of benzene rings is 3. The molecule has 0 spiro atoms. The number of likely N-dealkylation sites (N-methyl/N-ethyl adjacent to an activating group) is 1. The van der Waals surface area contributed by atoms with E-state index in [1.165, 1.54) is 17.0 Å². The summed E-state index contributed by atoms with van der Waals surface area (Å²) in [6, 6.07) is 16.9. The molecule has 7 nitrogen and oxygen atoms in total. The molecule has 164 valence electrons. The van der Waals surface area contributed by atoms with Crippen LogP contribution >= 0.6 is 0 Å². The second-order valence-electron chi connectivity index (χ2n) is 7.83. The summed E-state index contributed by atoms with van der Waals surface area (Å²) in [5.41, 5.74) is 4.45. The molecule has 7 heteroatoms. The van der Waals surface area contributed by atoms with Gasteiger partial charge in [-0.2, -0.15) is 0 Å². The van der Waals surface area contributed by atoms with Crippen LogP contribution in [0, 0.1) is 30.9 Å². The molecule has 0 aliphatic heterocycles. The normalized spacial score (nSPS) is 10.5. The molecule has 3 rings (SSSR count). The van der Waals surface area contributed by atoms with Gasteiger partial charge in [-0.1, -0.05) is 48.0 Å². The van der Waals surface area contributed by atoms with Gasteiger partial charge in [-0.05, 0) is 44.0 Å². The summed E-state index contributed by atoms with van der Waals surface area (Å²) < 4.78 is 0. The van der Waals surface area contributed by atoms with Crippen molar-refractivity contribution in [2.75, 3.05) is 23.8 Å². The third-order valence-electron chi connectivity index (χ3n) is 5.20. The van der Waals surface area contributed by atoms with E-state index in [9.17, 15) is 19.7 Å². The zero-order chi connectivity index (χ0) is 23.4. The minimum atomic E-state index is -0.542. The molecule has 0 radical (unpaired) electrons. The second kappa shape index (κ2) is 9.43. The number of hydrogen-bond acceptors (Lipinski definition) is 5. The van der Waals surface area contributed by atoms with Gasteiger partial charge in [-0.25, -0.2) is 0 Å². The lowest BCUT2D eigenvalue weighted by Gasteiger charge is -2.20. The van der Waals surface area contributed by atoms with Crippen LogP contribution in [0.3, 0.4) is 0 Å². The number of anilines is 2.